The van der Waals surface area contributed by atoms with Crippen molar-refractivity contribution in [2.45, 2.75) is 0 Å². The maximum Gasteiger partial charge on any atom is 0.188 e. The maximum absolute atomic E-state index is 10.7. The van der Waals surface area contributed by atoms with Gasteiger partial charge in [0.15, 0.2) is 19.0 Å². The number of hydrogen-bond acceptors (Lipinski definition) is 5. The van der Waals surface area contributed by atoms with Crippen molar-refractivity contribution < 1.29 is 19.0 Å². The van der Waals surface area contributed by atoms with Gasteiger partial charge in [0.1, 0.15) is 5.76 Å². The zero-order chi connectivity index (χ0) is 10.4. The molecule has 1 aliphatic heterocycles. The third-order valence-corrected chi connectivity index (χ3v) is 1.73. The van der Waals surface area contributed by atoms with Gasteiger partial charge in [-0.2, -0.15) is 0 Å². The highest BCUT2D eigenvalue weighted by atomic mass is 16.7. The van der Waals surface area contributed by atoms with Crippen LogP contribution < -0.4 is 5.32 Å². The van der Waals surface area contributed by atoms with E-state index in [-0.39, 0.29) is 6.79 Å². The van der Waals surface area contributed by atoms with E-state index < -0.39 is 0 Å². The lowest BCUT2D eigenvalue weighted by Gasteiger charge is -2.18. The van der Waals surface area contributed by atoms with Gasteiger partial charge in [-0.25, -0.2) is 0 Å². The summed E-state index contributed by atoms with van der Waals surface area (Å²) in [7, 11) is 3.05. The molecule has 1 heterocycles. The normalized spacial score (nSPS) is 15.7. The molecule has 78 valence electrons. The number of dihydropyridines is 1. The van der Waals surface area contributed by atoms with E-state index in [4.69, 9.17) is 14.2 Å². The Morgan fingerprint density at radius 1 is 1.57 bits per heavy atom. The Bertz CT molecular complexity index is 270. The van der Waals surface area contributed by atoms with E-state index in [1.165, 1.54) is 14.2 Å². The lowest BCUT2D eigenvalue weighted by atomic mass is 10.2. The highest BCUT2D eigenvalue weighted by molar-refractivity contribution is 5.79. The second kappa shape index (κ2) is 5.29. The van der Waals surface area contributed by atoms with Gasteiger partial charge in [-0.05, 0) is 0 Å². The number of nitrogens with one attached hydrogen (secondary N) is 1. The molecule has 0 radical (unpaired) electrons. The van der Waals surface area contributed by atoms with E-state index in [9.17, 15) is 4.79 Å². The summed E-state index contributed by atoms with van der Waals surface area (Å²) in [5, 5.41) is 2.93. The first-order valence-corrected chi connectivity index (χ1v) is 4.11. The van der Waals surface area contributed by atoms with Gasteiger partial charge in [0.05, 0.1) is 19.2 Å². The van der Waals surface area contributed by atoms with Gasteiger partial charge in [-0.3, -0.25) is 4.79 Å². The summed E-state index contributed by atoms with van der Waals surface area (Å²) >= 11 is 0. The molecule has 1 rings (SSSR count). The summed E-state index contributed by atoms with van der Waals surface area (Å²) in [5.74, 6) is 1.11. The van der Waals surface area contributed by atoms with Crippen molar-refractivity contribution in [2.24, 2.45) is 0 Å². The fraction of sp³-hybridized carbons (Fsp3) is 0.444. The minimum absolute atomic E-state index is 0.129. The quantitative estimate of drug-likeness (QED) is 0.504. The summed E-state index contributed by atoms with van der Waals surface area (Å²) in [4.78, 5) is 10.7. The van der Waals surface area contributed by atoms with Crippen molar-refractivity contribution in [2.75, 3.05) is 27.6 Å². The maximum atomic E-state index is 10.7. The van der Waals surface area contributed by atoms with Gasteiger partial charge in [0.25, 0.3) is 0 Å². The molecule has 0 saturated heterocycles. The average molecular weight is 199 g/mol. The number of methoxy groups -OCH3 is 2. The molecule has 1 N–H and O–H groups in total. The van der Waals surface area contributed by atoms with Crippen LogP contribution in [0.1, 0.15) is 0 Å². The Labute approximate surface area is 82.3 Å². The van der Waals surface area contributed by atoms with Gasteiger partial charge in [0.2, 0.25) is 0 Å². The molecule has 1 aliphatic rings. The lowest BCUT2D eigenvalue weighted by molar-refractivity contribution is -0.105. The monoisotopic (exact) mass is 199 g/mol. The fourth-order valence-corrected chi connectivity index (χ4v) is 1.04. The minimum Gasteiger partial charge on any atom is -0.482 e. The third kappa shape index (κ3) is 2.50. The largest absolute Gasteiger partial charge is 0.482 e. The molecule has 0 aliphatic carbocycles. The molecule has 0 spiro atoms. The molecule has 0 atom stereocenters. The molecular weight excluding hydrogens is 186 g/mol. The topological polar surface area (TPSA) is 56.8 Å². The summed E-state index contributed by atoms with van der Waals surface area (Å²) in [6.45, 7) is 0.557. The number of hydrogen-bond donors (Lipinski definition) is 1. The van der Waals surface area contributed by atoms with Crippen molar-refractivity contribution >= 4 is 6.29 Å². The SMILES string of the molecule is COCOC1=C(C=O)C=C(OC)NC1. The molecule has 0 bridgehead atoms. The number of carbonyl (C=O) groups excluding carboxylic acids is 1. The van der Waals surface area contributed by atoms with Crippen LogP contribution in [0.25, 0.3) is 0 Å². The van der Waals surface area contributed by atoms with Gasteiger partial charge in [-0.1, -0.05) is 0 Å². The van der Waals surface area contributed by atoms with Crippen LogP contribution in [0.2, 0.25) is 0 Å². The molecule has 5 nitrogen and oxygen atoms in total. The van der Waals surface area contributed by atoms with Crippen molar-refractivity contribution in [3.63, 3.8) is 0 Å². The zero-order valence-electron chi connectivity index (χ0n) is 8.20. The van der Waals surface area contributed by atoms with E-state index in [0.29, 0.717) is 23.8 Å². The van der Waals surface area contributed by atoms with E-state index in [0.717, 1.165) is 6.29 Å². The molecular formula is C9H13NO4. The van der Waals surface area contributed by atoms with Crippen molar-refractivity contribution in [3.8, 4) is 0 Å². The molecule has 0 unspecified atom stereocenters. The first kappa shape index (κ1) is 10.6. The average Bonchev–Trinajstić information content (AvgIpc) is 2.26. The van der Waals surface area contributed by atoms with E-state index in [1.807, 2.05) is 0 Å². The summed E-state index contributed by atoms with van der Waals surface area (Å²) in [5.41, 5.74) is 0.470. The van der Waals surface area contributed by atoms with Gasteiger partial charge in [-0.15, -0.1) is 0 Å². The minimum atomic E-state index is 0.129. The Morgan fingerprint density at radius 3 is 2.93 bits per heavy atom. The van der Waals surface area contributed by atoms with Crippen molar-refractivity contribution in [1.29, 1.82) is 0 Å². The first-order valence-electron chi connectivity index (χ1n) is 4.11. The van der Waals surface area contributed by atoms with Crippen LogP contribution in [0.3, 0.4) is 0 Å². The second-order valence-electron chi connectivity index (χ2n) is 2.61. The number of carbonyl (C=O) groups is 1. The van der Waals surface area contributed by atoms with Gasteiger partial charge >= 0.3 is 0 Å². The molecule has 0 aromatic rings. The van der Waals surface area contributed by atoms with Crippen molar-refractivity contribution in [3.05, 3.63) is 23.3 Å². The van der Waals surface area contributed by atoms with Crippen LogP contribution in [-0.4, -0.2) is 33.8 Å². The smallest absolute Gasteiger partial charge is 0.188 e. The second-order valence-corrected chi connectivity index (χ2v) is 2.61. The predicted molar refractivity (Wildman–Crippen MR) is 49.1 cm³/mol. The number of aldehydes is 1. The molecule has 5 heteroatoms. The molecule has 0 saturated carbocycles. The number of allylic oxidation sites excluding steroid dienone is 2. The number of ether oxygens (including phenoxy) is 3. The Kier molecular flexibility index (Phi) is 4.00. The van der Waals surface area contributed by atoms with Crippen LogP contribution in [0.15, 0.2) is 23.3 Å². The van der Waals surface area contributed by atoms with Gasteiger partial charge in [0, 0.05) is 13.2 Å². The summed E-state index contributed by atoms with van der Waals surface area (Å²) in [6.07, 6.45) is 2.31. The van der Waals surface area contributed by atoms with Gasteiger partial charge < -0.3 is 19.5 Å². The van der Waals surface area contributed by atoms with Crippen LogP contribution in [0.4, 0.5) is 0 Å². The van der Waals surface area contributed by atoms with Crippen LogP contribution >= 0.6 is 0 Å². The van der Waals surface area contributed by atoms with E-state index in [2.05, 4.69) is 5.32 Å². The zero-order valence-corrected chi connectivity index (χ0v) is 8.20. The predicted octanol–water partition coefficient (Wildman–Crippen LogP) is 0.151. The third-order valence-electron chi connectivity index (χ3n) is 1.73. The van der Waals surface area contributed by atoms with E-state index in [1.54, 1.807) is 6.08 Å². The highest BCUT2D eigenvalue weighted by Crippen LogP contribution is 2.12. The first-order chi connectivity index (χ1) is 6.81. The van der Waals surface area contributed by atoms with E-state index >= 15 is 0 Å². The number of rotatable bonds is 5. The Balaban J connectivity index is 2.73. The Hall–Kier alpha value is -1.49. The highest BCUT2D eigenvalue weighted by Gasteiger charge is 2.13. The van der Waals surface area contributed by atoms with Crippen molar-refractivity contribution in [1.82, 2.24) is 5.32 Å². The lowest BCUT2D eigenvalue weighted by Crippen LogP contribution is -2.24. The molecule has 0 fully saturated rings. The molecule has 0 aromatic carbocycles. The molecule has 14 heavy (non-hydrogen) atoms. The summed E-state index contributed by atoms with van der Waals surface area (Å²) < 4.78 is 14.9. The summed E-state index contributed by atoms with van der Waals surface area (Å²) in [6, 6.07) is 0. The van der Waals surface area contributed by atoms with Crippen LogP contribution in [0.5, 0.6) is 0 Å². The Morgan fingerprint density at radius 2 is 2.36 bits per heavy atom. The standard InChI is InChI=1S/C9H13NO4/c1-12-6-14-8-4-10-9(13-2)3-7(8)5-11/h3,5,10H,4,6H2,1-2H3. The molecule has 0 amide bonds. The van der Waals surface area contributed by atoms with Crippen LogP contribution in [0, 0.1) is 0 Å². The fourth-order valence-electron chi connectivity index (χ4n) is 1.04. The van der Waals surface area contributed by atoms with Crippen LogP contribution in [-0.2, 0) is 19.0 Å². The molecule has 0 aromatic heterocycles.